The van der Waals surface area contributed by atoms with Gasteiger partial charge in [0, 0.05) is 42.3 Å². The van der Waals surface area contributed by atoms with Gasteiger partial charge >= 0.3 is 0 Å². The van der Waals surface area contributed by atoms with Crippen molar-refractivity contribution in [1.82, 2.24) is 4.90 Å². The molecule has 0 aromatic heterocycles. The Morgan fingerprint density at radius 3 is 2.73 bits per heavy atom. The fourth-order valence-corrected chi connectivity index (χ4v) is 2.95. The number of hydrogen-bond acceptors (Lipinski definition) is 4. The number of carbonyl (C=O) groups is 1. The molecule has 0 unspecified atom stereocenters. The van der Waals surface area contributed by atoms with Crippen molar-refractivity contribution in [3.63, 3.8) is 0 Å². The molecule has 1 atom stereocenters. The van der Waals surface area contributed by atoms with Gasteiger partial charge in [0.25, 0.3) is 11.6 Å². The van der Waals surface area contributed by atoms with Gasteiger partial charge < -0.3 is 9.64 Å². The highest BCUT2D eigenvalue weighted by atomic mass is 16.6. The average Bonchev–Trinajstić information content (AvgIpc) is 3.20. The van der Waals surface area contributed by atoms with E-state index in [4.69, 9.17) is 4.74 Å². The van der Waals surface area contributed by atoms with Gasteiger partial charge in [0.2, 0.25) is 0 Å². The lowest BCUT2D eigenvalue weighted by molar-refractivity contribution is -0.385. The van der Waals surface area contributed by atoms with Crippen LogP contribution in [0.5, 0.6) is 0 Å². The molecule has 118 valence electrons. The summed E-state index contributed by atoms with van der Waals surface area (Å²) in [7, 11) is 0. The SMILES string of the molecule is Cc1cc(C(=O)N(C[C@H]2CCOC2)C2CC2)ccc1[N+](=O)[O-]. The van der Waals surface area contributed by atoms with E-state index >= 15 is 0 Å². The minimum Gasteiger partial charge on any atom is -0.381 e. The second-order valence-electron chi connectivity index (χ2n) is 6.18. The van der Waals surface area contributed by atoms with E-state index in [0.717, 1.165) is 39.0 Å². The van der Waals surface area contributed by atoms with E-state index < -0.39 is 4.92 Å². The van der Waals surface area contributed by atoms with E-state index in [0.29, 0.717) is 23.1 Å². The summed E-state index contributed by atoms with van der Waals surface area (Å²) < 4.78 is 5.39. The molecule has 1 aliphatic heterocycles. The maximum absolute atomic E-state index is 12.8. The maximum Gasteiger partial charge on any atom is 0.272 e. The van der Waals surface area contributed by atoms with Gasteiger partial charge in [-0.3, -0.25) is 14.9 Å². The van der Waals surface area contributed by atoms with Crippen molar-refractivity contribution >= 4 is 11.6 Å². The first-order valence-corrected chi connectivity index (χ1v) is 7.70. The van der Waals surface area contributed by atoms with Crippen molar-refractivity contribution in [2.75, 3.05) is 19.8 Å². The van der Waals surface area contributed by atoms with Crippen LogP contribution in [0.15, 0.2) is 18.2 Å². The van der Waals surface area contributed by atoms with Crippen LogP contribution in [0.25, 0.3) is 0 Å². The Morgan fingerprint density at radius 2 is 2.18 bits per heavy atom. The summed E-state index contributed by atoms with van der Waals surface area (Å²) in [6.07, 6.45) is 3.09. The molecule has 2 aliphatic rings. The molecule has 0 N–H and O–H groups in total. The summed E-state index contributed by atoms with van der Waals surface area (Å²) >= 11 is 0. The summed E-state index contributed by atoms with van der Waals surface area (Å²) in [5, 5.41) is 10.9. The molecule has 0 radical (unpaired) electrons. The van der Waals surface area contributed by atoms with Crippen molar-refractivity contribution in [2.45, 2.75) is 32.2 Å². The number of benzene rings is 1. The summed E-state index contributed by atoms with van der Waals surface area (Å²) in [4.78, 5) is 25.2. The van der Waals surface area contributed by atoms with Gasteiger partial charge in [0.05, 0.1) is 11.5 Å². The second kappa shape index (κ2) is 6.04. The predicted molar refractivity (Wildman–Crippen MR) is 80.8 cm³/mol. The lowest BCUT2D eigenvalue weighted by Crippen LogP contribution is -2.37. The van der Waals surface area contributed by atoms with E-state index in [1.165, 1.54) is 6.07 Å². The van der Waals surface area contributed by atoms with Crippen LogP contribution in [0.2, 0.25) is 0 Å². The molecule has 6 heteroatoms. The maximum atomic E-state index is 12.8. The van der Waals surface area contributed by atoms with Crippen molar-refractivity contribution in [3.05, 3.63) is 39.4 Å². The first-order chi connectivity index (χ1) is 10.6. The number of amides is 1. The van der Waals surface area contributed by atoms with Crippen LogP contribution < -0.4 is 0 Å². The lowest BCUT2D eigenvalue weighted by Gasteiger charge is -2.25. The van der Waals surface area contributed by atoms with Crippen LogP contribution in [0.3, 0.4) is 0 Å². The number of aryl methyl sites for hydroxylation is 1. The zero-order chi connectivity index (χ0) is 15.7. The molecule has 1 saturated carbocycles. The number of nitro groups is 1. The van der Waals surface area contributed by atoms with E-state index in [-0.39, 0.29) is 11.6 Å². The zero-order valence-electron chi connectivity index (χ0n) is 12.7. The molecule has 6 nitrogen and oxygen atoms in total. The van der Waals surface area contributed by atoms with Gasteiger partial charge in [0.1, 0.15) is 0 Å². The molecule has 1 aromatic carbocycles. The van der Waals surface area contributed by atoms with Crippen LogP contribution in [-0.2, 0) is 4.74 Å². The van der Waals surface area contributed by atoms with Crippen molar-refractivity contribution < 1.29 is 14.5 Å². The van der Waals surface area contributed by atoms with E-state index in [1.807, 2.05) is 4.90 Å². The van der Waals surface area contributed by atoms with Crippen molar-refractivity contribution in [3.8, 4) is 0 Å². The van der Waals surface area contributed by atoms with Gasteiger partial charge in [-0.15, -0.1) is 0 Å². The number of nitro benzene ring substituents is 1. The van der Waals surface area contributed by atoms with Crippen LogP contribution in [0, 0.1) is 23.0 Å². The monoisotopic (exact) mass is 304 g/mol. The Labute approximate surface area is 129 Å². The zero-order valence-corrected chi connectivity index (χ0v) is 12.7. The normalized spacial score (nSPS) is 20.9. The Bertz CT molecular complexity index is 592. The molecule has 1 amide bonds. The average molecular weight is 304 g/mol. The predicted octanol–water partition coefficient (Wildman–Crippen LogP) is 2.54. The number of nitrogens with zero attached hydrogens (tertiary/aromatic N) is 2. The Hall–Kier alpha value is -1.95. The molecule has 1 saturated heterocycles. The molecule has 3 rings (SSSR count). The number of rotatable bonds is 5. The van der Waals surface area contributed by atoms with Crippen molar-refractivity contribution in [1.29, 1.82) is 0 Å². The minimum absolute atomic E-state index is 0.0209. The molecule has 1 heterocycles. The topological polar surface area (TPSA) is 72.7 Å². The molecule has 22 heavy (non-hydrogen) atoms. The van der Waals surface area contributed by atoms with E-state index in [1.54, 1.807) is 19.1 Å². The highest BCUT2D eigenvalue weighted by Crippen LogP contribution is 2.31. The summed E-state index contributed by atoms with van der Waals surface area (Å²) in [6.45, 7) is 3.88. The van der Waals surface area contributed by atoms with Crippen LogP contribution >= 0.6 is 0 Å². The summed E-state index contributed by atoms with van der Waals surface area (Å²) in [5.74, 6) is 0.385. The lowest BCUT2D eigenvalue weighted by atomic mass is 10.1. The first-order valence-electron chi connectivity index (χ1n) is 7.70. The molecule has 0 bridgehead atoms. The Morgan fingerprint density at radius 1 is 1.41 bits per heavy atom. The van der Waals surface area contributed by atoms with Gasteiger partial charge in [-0.2, -0.15) is 0 Å². The number of hydrogen-bond donors (Lipinski definition) is 0. The fraction of sp³-hybridized carbons (Fsp3) is 0.562. The van der Waals surface area contributed by atoms with Gasteiger partial charge in [0.15, 0.2) is 0 Å². The first kappa shape index (κ1) is 15.0. The third-order valence-electron chi connectivity index (χ3n) is 4.37. The molecule has 1 aliphatic carbocycles. The summed E-state index contributed by atoms with van der Waals surface area (Å²) in [6, 6.07) is 4.94. The molecule has 2 fully saturated rings. The highest BCUT2D eigenvalue weighted by molar-refractivity contribution is 5.95. The van der Waals surface area contributed by atoms with Gasteiger partial charge in [-0.1, -0.05) is 0 Å². The molecular weight excluding hydrogens is 284 g/mol. The third kappa shape index (κ3) is 3.11. The Kier molecular flexibility index (Phi) is 4.11. The van der Waals surface area contributed by atoms with Gasteiger partial charge in [-0.25, -0.2) is 0 Å². The third-order valence-corrected chi connectivity index (χ3v) is 4.37. The molecular formula is C16H20N2O4. The minimum atomic E-state index is -0.419. The molecule has 0 spiro atoms. The smallest absolute Gasteiger partial charge is 0.272 e. The van der Waals surface area contributed by atoms with E-state index in [2.05, 4.69) is 0 Å². The van der Waals surface area contributed by atoms with Crippen LogP contribution in [-0.4, -0.2) is 41.5 Å². The van der Waals surface area contributed by atoms with Crippen LogP contribution in [0.4, 0.5) is 5.69 Å². The molecule has 1 aromatic rings. The van der Waals surface area contributed by atoms with Crippen molar-refractivity contribution in [2.24, 2.45) is 5.92 Å². The Balaban J connectivity index is 1.77. The van der Waals surface area contributed by atoms with Crippen LogP contribution in [0.1, 0.15) is 35.2 Å². The second-order valence-corrected chi connectivity index (χ2v) is 6.18. The van der Waals surface area contributed by atoms with E-state index in [9.17, 15) is 14.9 Å². The largest absolute Gasteiger partial charge is 0.381 e. The fourth-order valence-electron chi connectivity index (χ4n) is 2.95. The van der Waals surface area contributed by atoms with Gasteiger partial charge in [-0.05, 0) is 38.3 Å². The number of carbonyl (C=O) groups excluding carboxylic acids is 1. The quantitative estimate of drug-likeness (QED) is 0.619. The summed E-state index contributed by atoms with van der Waals surface area (Å²) in [5.41, 5.74) is 1.11. The number of ether oxygens (including phenoxy) is 1. The highest BCUT2D eigenvalue weighted by Gasteiger charge is 2.35. The standard InChI is InChI=1S/C16H20N2O4/c1-11-8-13(2-5-15(11)18(20)21)16(19)17(14-3-4-14)9-12-6-7-22-10-12/h2,5,8,12,14H,3-4,6-7,9-10H2,1H3/t12-/m1/s1.